The topological polar surface area (TPSA) is 54.0 Å². The molecule has 3 rings (SSSR count). The summed E-state index contributed by atoms with van der Waals surface area (Å²) in [6.45, 7) is 4.72. The van der Waals surface area contributed by atoms with Crippen LogP contribution in [0.1, 0.15) is 12.8 Å². The molecule has 0 radical (unpaired) electrons. The molecule has 24 heavy (non-hydrogen) atoms. The van der Waals surface area contributed by atoms with Crippen molar-refractivity contribution in [3.05, 3.63) is 24.3 Å². The fourth-order valence-corrected chi connectivity index (χ4v) is 3.67. The van der Waals surface area contributed by atoms with Crippen molar-refractivity contribution >= 4 is 11.6 Å². The Labute approximate surface area is 143 Å². The van der Waals surface area contributed by atoms with Crippen LogP contribution in [0.4, 0.5) is 5.69 Å². The first-order valence-electron chi connectivity index (χ1n) is 8.63. The molecule has 0 saturated carbocycles. The van der Waals surface area contributed by atoms with Crippen LogP contribution < -0.4 is 15.0 Å². The minimum atomic E-state index is -0.641. The first kappa shape index (κ1) is 17.0. The molecule has 2 fully saturated rings. The maximum absolute atomic E-state index is 13.0. The number of ether oxygens (including phenoxy) is 2. The fourth-order valence-electron chi connectivity index (χ4n) is 3.67. The first-order valence-corrected chi connectivity index (χ1v) is 8.63. The zero-order valence-electron chi connectivity index (χ0n) is 14.6. The predicted octanol–water partition coefficient (Wildman–Crippen LogP) is 1.11. The molecule has 0 aliphatic carbocycles. The summed E-state index contributed by atoms with van der Waals surface area (Å²) < 4.78 is 11.1. The van der Waals surface area contributed by atoms with E-state index in [1.54, 1.807) is 14.2 Å². The van der Waals surface area contributed by atoms with Crippen LogP contribution >= 0.6 is 0 Å². The maximum atomic E-state index is 13.0. The van der Waals surface area contributed by atoms with Gasteiger partial charge in [0, 0.05) is 33.3 Å². The van der Waals surface area contributed by atoms with Crippen molar-refractivity contribution in [1.29, 1.82) is 0 Å². The van der Waals surface area contributed by atoms with E-state index in [2.05, 4.69) is 16.3 Å². The lowest BCUT2D eigenvalue weighted by molar-refractivity contribution is -0.158. The molecular formula is C18H27N3O3. The van der Waals surface area contributed by atoms with Gasteiger partial charge in [-0.2, -0.15) is 0 Å². The van der Waals surface area contributed by atoms with E-state index in [0.717, 1.165) is 63.5 Å². The average molecular weight is 333 g/mol. The smallest absolute Gasteiger partial charge is 0.255 e. The molecule has 6 heteroatoms. The summed E-state index contributed by atoms with van der Waals surface area (Å²) in [5.41, 5.74) is 0.452. The van der Waals surface area contributed by atoms with E-state index < -0.39 is 5.60 Å². The first-order chi connectivity index (χ1) is 11.7. The number of piperazine rings is 1. The molecule has 1 aromatic carbocycles. The third-order valence-corrected chi connectivity index (χ3v) is 5.18. The second-order valence-electron chi connectivity index (χ2n) is 6.40. The van der Waals surface area contributed by atoms with Crippen molar-refractivity contribution < 1.29 is 14.3 Å². The van der Waals surface area contributed by atoms with Crippen molar-refractivity contribution in [2.45, 2.75) is 18.4 Å². The highest BCUT2D eigenvalue weighted by molar-refractivity contribution is 5.85. The number of hydrogen-bond acceptors (Lipinski definition) is 5. The number of rotatable bonds is 4. The van der Waals surface area contributed by atoms with E-state index in [-0.39, 0.29) is 5.91 Å². The van der Waals surface area contributed by atoms with Crippen molar-refractivity contribution in [1.82, 2.24) is 10.2 Å². The highest BCUT2D eigenvalue weighted by Gasteiger charge is 2.43. The number of nitrogens with zero attached hydrogens (tertiary/aromatic N) is 2. The molecule has 2 heterocycles. The highest BCUT2D eigenvalue weighted by Crippen LogP contribution is 2.30. The van der Waals surface area contributed by atoms with Gasteiger partial charge in [-0.15, -0.1) is 0 Å². The van der Waals surface area contributed by atoms with Crippen molar-refractivity contribution in [2.75, 3.05) is 58.4 Å². The zero-order valence-corrected chi connectivity index (χ0v) is 14.6. The Morgan fingerprint density at radius 3 is 2.38 bits per heavy atom. The number of anilines is 1. The highest BCUT2D eigenvalue weighted by atomic mass is 16.5. The fraction of sp³-hybridized carbons (Fsp3) is 0.611. The molecule has 2 aliphatic heterocycles. The normalized spacial score (nSPS) is 20.8. The van der Waals surface area contributed by atoms with Crippen LogP contribution in [-0.2, 0) is 9.53 Å². The Kier molecular flexibility index (Phi) is 5.26. The van der Waals surface area contributed by atoms with Gasteiger partial charge in [0.05, 0.1) is 12.8 Å². The van der Waals surface area contributed by atoms with Crippen LogP contribution in [0.2, 0.25) is 0 Å². The average Bonchev–Trinajstić information content (AvgIpc) is 2.68. The van der Waals surface area contributed by atoms with E-state index in [1.807, 2.05) is 23.1 Å². The maximum Gasteiger partial charge on any atom is 0.255 e. The largest absolute Gasteiger partial charge is 0.495 e. The Morgan fingerprint density at radius 1 is 1.08 bits per heavy atom. The van der Waals surface area contributed by atoms with Crippen LogP contribution in [0, 0.1) is 0 Å². The SMILES string of the molecule is COc1ccccc1N1CCN(C(=O)C2(OC)CCNCC2)CC1. The molecule has 0 unspecified atom stereocenters. The molecule has 0 spiro atoms. The van der Waals surface area contributed by atoms with Gasteiger partial charge < -0.3 is 24.6 Å². The van der Waals surface area contributed by atoms with Crippen LogP contribution in [0.25, 0.3) is 0 Å². The van der Waals surface area contributed by atoms with Crippen molar-refractivity contribution in [2.24, 2.45) is 0 Å². The molecule has 1 N–H and O–H groups in total. The van der Waals surface area contributed by atoms with Crippen LogP contribution in [0.5, 0.6) is 5.75 Å². The number of carbonyl (C=O) groups excluding carboxylic acids is 1. The summed E-state index contributed by atoms with van der Waals surface area (Å²) >= 11 is 0. The molecule has 1 aromatic rings. The van der Waals surface area contributed by atoms with Crippen LogP contribution in [0.15, 0.2) is 24.3 Å². The lowest BCUT2D eigenvalue weighted by atomic mass is 9.90. The molecule has 2 saturated heterocycles. The van der Waals surface area contributed by atoms with Gasteiger partial charge in [-0.1, -0.05) is 12.1 Å². The molecule has 0 aromatic heterocycles. The van der Waals surface area contributed by atoms with Crippen LogP contribution in [-0.4, -0.2) is 69.9 Å². The number of amides is 1. The zero-order chi connectivity index (χ0) is 17.0. The number of carbonyl (C=O) groups is 1. The minimum absolute atomic E-state index is 0.145. The van der Waals surface area contributed by atoms with E-state index in [9.17, 15) is 4.79 Å². The van der Waals surface area contributed by atoms with Gasteiger partial charge in [0.15, 0.2) is 0 Å². The quantitative estimate of drug-likeness (QED) is 0.895. The molecule has 132 valence electrons. The number of methoxy groups -OCH3 is 2. The number of para-hydroxylation sites is 2. The van der Waals surface area contributed by atoms with E-state index >= 15 is 0 Å². The molecule has 0 atom stereocenters. The monoisotopic (exact) mass is 333 g/mol. The molecule has 6 nitrogen and oxygen atoms in total. The lowest BCUT2D eigenvalue weighted by Crippen LogP contribution is -2.59. The van der Waals surface area contributed by atoms with Gasteiger partial charge >= 0.3 is 0 Å². The summed E-state index contributed by atoms with van der Waals surface area (Å²) in [6.07, 6.45) is 1.49. The summed E-state index contributed by atoms with van der Waals surface area (Å²) in [4.78, 5) is 17.2. The molecule has 2 aliphatic rings. The van der Waals surface area contributed by atoms with Gasteiger partial charge in [0.1, 0.15) is 11.4 Å². The Bertz CT molecular complexity index is 564. The van der Waals surface area contributed by atoms with Gasteiger partial charge in [-0.05, 0) is 38.1 Å². The van der Waals surface area contributed by atoms with Crippen LogP contribution in [0.3, 0.4) is 0 Å². The molecular weight excluding hydrogens is 306 g/mol. The van der Waals surface area contributed by atoms with Gasteiger partial charge in [0.2, 0.25) is 0 Å². The van der Waals surface area contributed by atoms with Crippen molar-refractivity contribution in [3.8, 4) is 5.75 Å². The molecule has 0 bridgehead atoms. The Hall–Kier alpha value is -1.79. The van der Waals surface area contributed by atoms with E-state index in [4.69, 9.17) is 9.47 Å². The number of hydrogen-bond donors (Lipinski definition) is 1. The Balaban J connectivity index is 1.65. The van der Waals surface area contributed by atoms with Gasteiger partial charge in [-0.25, -0.2) is 0 Å². The standard InChI is InChI=1S/C18H27N3O3/c1-23-16-6-4-3-5-15(16)20-11-13-21(14-12-20)17(22)18(24-2)7-9-19-10-8-18/h3-6,19H,7-14H2,1-2H3. The molecule has 1 amide bonds. The third kappa shape index (κ3) is 3.21. The second kappa shape index (κ2) is 7.40. The van der Waals surface area contributed by atoms with Gasteiger partial charge in [0.25, 0.3) is 5.91 Å². The van der Waals surface area contributed by atoms with E-state index in [0.29, 0.717) is 0 Å². The van der Waals surface area contributed by atoms with Gasteiger partial charge in [-0.3, -0.25) is 4.79 Å². The minimum Gasteiger partial charge on any atom is -0.495 e. The van der Waals surface area contributed by atoms with E-state index in [1.165, 1.54) is 0 Å². The summed E-state index contributed by atoms with van der Waals surface area (Å²) in [6, 6.07) is 8.04. The Morgan fingerprint density at radius 2 is 1.75 bits per heavy atom. The lowest BCUT2D eigenvalue weighted by Gasteiger charge is -2.42. The number of piperidine rings is 1. The number of nitrogens with one attached hydrogen (secondary N) is 1. The second-order valence-corrected chi connectivity index (χ2v) is 6.40. The summed E-state index contributed by atoms with van der Waals surface area (Å²) in [7, 11) is 3.35. The predicted molar refractivity (Wildman–Crippen MR) is 93.6 cm³/mol. The summed E-state index contributed by atoms with van der Waals surface area (Å²) in [5.74, 6) is 1.02. The van der Waals surface area contributed by atoms with Crippen molar-refractivity contribution in [3.63, 3.8) is 0 Å². The summed E-state index contributed by atoms with van der Waals surface area (Å²) in [5, 5.41) is 3.30. The third-order valence-electron chi connectivity index (χ3n) is 5.18. The number of benzene rings is 1.